The predicted octanol–water partition coefficient (Wildman–Crippen LogP) is 6.03. The first-order valence-corrected chi connectivity index (χ1v) is 8.09. The molecule has 0 bridgehead atoms. The van der Waals surface area contributed by atoms with E-state index in [4.69, 9.17) is 5.73 Å². The summed E-state index contributed by atoms with van der Waals surface area (Å²) in [5.41, 5.74) is 8.47. The molecule has 4 rings (SSSR count). The van der Waals surface area contributed by atoms with E-state index in [2.05, 4.69) is 75.4 Å². The van der Waals surface area contributed by atoms with Crippen LogP contribution in [-0.4, -0.2) is 0 Å². The van der Waals surface area contributed by atoms with Crippen molar-refractivity contribution >= 4 is 38.0 Å². The SMILES string of the molecule is CC(C)(C)c1c(N)ccc2cc3ccc4ccccc4c3cc12. The molecule has 0 atom stereocenters. The summed E-state index contributed by atoms with van der Waals surface area (Å²) in [7, 11) is 0. The Hall–Kier alpha value is -2.54. The number of fused-ring (bicyclic) bond motifs is 4. The molecule has 1 nitrogen and oxygen atoms in total. The van der Waals surface area contributed by atoms with Gasteiger partial charge in [0.15, 0.2) is 0 Å². The molecule has 0 radical (unpaired) electrons. The third kappa shape index (κ3) is 2.16. The van der Waals surface area contributed by atoms with Crippen LogP contribution in [0, 0.1) is 0 Å². The third-order valence-electron chi connectivity index (χ3n) is 4.67. The Balaban J connectivity index is 2.22. The molecule has 2 N–H and O–H groups in total. The van der Waals surface area contributed by atoms with Gasteiger partial charge in [0.25, 0.3) is 0 Å². The molecule has 114 valence electrons. The molecule has 0 heterocycles. The number of anilines is 1. The maximum absolute atomic E-state index is 6.33. The van der Waals surface area contributed by atoms with Crippen molar-refractivity contribution in [1.82, 2.24) is 0 Å². The van der Waals surface area contributed by atoms with E-state index in [9.17, 15) is 0 Å². The normalized spacial score (nSPS) is 12.3. The zero-order chi connectivity index (χ0) is 16.2. The van der Waals surface area contributed by atoms with Gasteiger partial charge in [-0.05, 0) is 61.5 Å². The summed E-state index contributed by atoms with van der Waals surface area (Å²) in [6.07, 6.45) is 0. The summed E-state index contributed by atoms with van der Waals surface area (Å²) < 4.78 is 0. The lowest BCUT2D eigenvalue weighted by atomic mass is 9.81. The lowest BCUT2D eigenvalue weighted by Gasteiger charge is -2.24. The minimum absolute atomic E-state index is 0.0157. The fraction of sp³-hybridized carbons (Fsp3) is 0.182. The molecular formula is C22H21N. The standard InChI is InChI=1S/C22H21N/c1-22(2,3)21-19-13-18-15(12-16(19)10-11-20(21)23)9-8-14-6-4-5-7-17(14)18/h4-13H,23H2,1-3H3. The molecule has 1 heteroatoms. The van der Waals surface area contributed by atoms with E-state index in [0.29, 0.717) is 0 Å². The molecular weight excluding hydrogens is 278 g/mol. The van der Waals surface area contributed by atoms with Crippen LogP contribution in [0.2, 0.25) is 0 Å². The minimum atomic E-state index is 0.0157. The Labute approximate surface area is 136 Å². The van der Waals surface area contributed by atoms with E-state index in [0.717, 1.165) is 5.69 Å². The Bertz CT molecular complexity index is 1050. The lowest BCUT2D eigenvalue weighted by Crippen LogP contribution is -2.14. The minimum Gasteiger partial charge on any atom is -0.398 e. The van der Waals surface area contributed by atoms with E-state index in [1.807, 2.05) is 6.07 Å². The summed E-state index contributed by atoms with van der Waals surface area (Å²) >= 11 is 0. The third-order valence-corrected chi connectivity index (χ3v) is 4.67. The molecule has 0 unspecified atom stereocenters. The van der Waals surface area contributed by atoms with E-state index >= 15 is 0 Å². The molecule has 0 aliphatic carbocycles. The average Bonchev–Trinajstić information content (AvgIpc) is 2.51. The van der Waals surface area contributed by atoms with Gasteiger partial charge in [-0.1, -0.05) is 63.2 Å². The van der Waals surface area contributed by atoms with Gasteiger partial charge < -0.3 is 5.73 Å². The Morgan fingerprint density at radius 1 is 0.652 bits per heavy atom. The van der Waals surface area contributed by atoms with E-state index in [1.54, 1.807) is 0 Å². The molecule has 4 aromatic carbocycles. The Morgan fingerprint density at radius 3 is 2.09 bits per heavy atom. The highest BCUT2D eigenvalue weighted by Gasteiger charge is 2.20. The number of hydrogen-bond acceptors (Lipinski definition) is 1. The summed E-state index contributed by atoms with van der Waals surface area (Å²) in [6.45, 7) is 6.68. The molecule has 0 saturated heterocycles. The van der Waals surface area contributed by atoms with Crippen LogP contribution in [0.1, 0.15) is 26.3 Å². The molecule has 0 aliphatic heterocycles. The fourth-order valence-electron chi connectivity index (χ4n) is 3.68. The number of hydrogen-bond donors (Lipinski definition) is 1. The van der Waals surface area contributed by atoms with Crippen LogP contribution in [0.15, 0.2) is 60.7 Å². The molecule has 0 spiro atoms. The smallest absolute Gasteiger partial charge is 0.0358 e. The van der Waals surface area contributed by atoms with Gasteiger partial charge in [-0.25, -0.2) is 0 Å². The van der Waals surface area contributed by atoms with E-state index < -0.39 is 0 Å². The predicted molar refractivity (Wildman–Crippen MR) is 102 cm³/mol. The van der Waals surface area contributed by atoms with Crippen molar-refractivity contribution < 1.29 is 0 Å². The zero-order valence-electron chi connectivity index (χ0n) is 13.9. The maximum atomic E-state index is 6.33. The quantitative estimate of drug-likeness (QED) is 0.239. The van der Waals surface area contributed by atoms with Crippen molar-refractivity contribution in [3.63, 3.8) is 0 Å². The average molecular weight is 299 g/mol. The van der Waals surface area contributed by atoms with Crippen LogP contribution < -0.4 is 5.73 Å². The summed E-state index contributed by atoms with van der Waals surface area (Å²) in [5.74, 6) is 0. The van der Waals surface area contributed by atoms with Gasteiger partial charge in [-0.15, -0.1) is 0 Å². The van der Waals surface area contributed by atoms with Crippen LogP contribution >= 0.6 is 0 Å². The maximum Gasteiger partial charge on any atom is 0.0358 e. The molecule has 0 aromatic heterocycles. The van der Waals surface area contributed by atoms with Crippen LogP contribution in [0.4, 0.5) is 5.69 Å². The van der Waals surface area contributed by atoms with Gasteiger partial charge in [0.05, 0.1) is 0 Å². The summed E-state index contributed by atoms with van der Waals surface area (Å²) in [6, 6.07) is 21.8. The van der Waals surface area contributed by atoms with Crippen molar-refractivity contribution in [2.75, 3.05) is 5.73 Å². The van der Waals surface area contributed by atoms with Crippen molar-refractivity contribution in [1.29, 1.82) is 0 Å². The molecule has 23 heavy (non-hydrogen) atoms. The molecule has 0 amide bonds. The van der Waals surface area contributed by atoms with Crippen LogP contribution in [0.25, 0.3) is 32.3 Å². The fourth-order valence-corrected chi connectivity index (χ4v) is 3.68. The van der Waals surface area contributed by atoms with Gasteiger partial charge >= 0.3 is 0 Å². The highest BCUT2D eigenvalue weighted by atomic mass is 14.6. The zero-order valence-corrected chi connectivity index (χ0v) is 13.9. The van der Waals surface area contributed by atoms with E-state index in [1.165, 1.54) is 37.9 Å². The second kappa shape index (κ2) is 4.73. The Kier molecular flexibility index (Phi) is 2.89. The molecule has 0 aliphatic rings. The van der Waals surface area contributed by atoms with Crippen LogP contribution in [0.3, 0.4) is 0 Å². The molecule has 0 fully saturated rings. The van der Waals surface area contributed by atoms with Gasteiger partial charge in [0, 0.05) is 5.69 Å². The summed E-state index contributed by atoms with van der Waals surface area (Å²) in [5, 5.41) is 7.68. The largest absolute Gasteiger partial charge is 0.398 e. The first-order chi connectivity index (χ1) is 10.9. The van der Waals surface area contributed by atoms with Gasteiger partial charge in [-0.3, -0.25) is 0 Å². The number of nitrogen functional groups attached to an aromatic ring is 1. The van der Waals surface area contributed by atoms with Gasteiger partial charge in [0.1, 0.15) is 0 Å². The van der Waals surface area contributed by atoms with Crippen molar-refractivity contribution in [2.24, 2.45) is 0 Å². The van der Waals surface area contributed by atoms with Crippen LogP contribution in [-0.2, 0) is 5.41 Å². The second-order valence-electron chi connectivity index (χ2n) is 7.36. The number of nitrogens with two attached hydrogens (primary N) is 1. The lowest BCUT2D eigenvalue weighted by molar-refractivity contribution is 0.598. The highest BCUT2D eigenvalue weighted by molar-refractivity contribution is 6.13. The second-order valence-corrected chi connectivity index (χ2v) is 7.36. The highest BCUT2D eigenvalue weighted by Crippen LogP contribution is 2.38. The molecule has 0 saturated carbocycles. The Morgan fingerprint density at radius 2 is 1.30 bits per heavy atom. The van der Waals surface area contributed by atoms with Crippen molar-refractivity contribution in [3.05, 3.63) is 66.2 Å². The van der Waals surface area contributed by atoms with Crippen molar-refractivity contribution in [2.45, 2.75) is 26.2 Å². The summed E-state index contributed by atoms with van der Waals surface area (Å²) in [4.78, 5) is 0. The number of benzene rings is 4. The van der Waals surface area contributed by atoms with Gasteiger partial charge in [-0.2, -0.15) is 0 Å². The van der Waals surface area contributed by atoms with E-state index in [-0.39, 0.29) is 5.41 Å². The monoisotopic (exact) mass is 299 g/mol. The first kappa shape index (κ1) is 14.1. The first-order valence-electron chi connectivity index (χ1n) is 8.09. The van der Waals surface area contributed by atoms with Crippen LogP contribution in [0.5, 0.6) is 0 Å². The molecule has 4 aromatic rings. The van der Waals surface area contributed by atoms with Crippen molar-refractivity contribution in [3.8, 4) is 0 Å². The number of rotatable bonds is 0. The topological polar surface area (TPSA) is 26.0 Å². The van der Waals surface area contributed by atoms with Gasteiger partial charge in [0.2, 0.25) is 0 Å².